The third-order valence-corrected chi connectivity index (χ3v) is 12.0. The fourth-order valence-corrected chi connectivity index (χ4v) is 7.74. The quantitative estimate of drug-likeness (QED) is 0.0262. The largest absolute Gasteiger partial charge is 0.462 e. The molecule has 0 radical (unpaired) electrons. The van der Waals surface area contributed by atoms with Crippen LogP contribution in [0.5, 0.6) is 0 Å². The van der Waals surface area contributed by atoms with Crippen LogP contribution in [0, 0.1) is 0 Å². The summed E-state index contributed by atoms with van der Waals surface area (Å²) in [4.78, 5) is 38.1. The summed E-state index contributed by atoms with van der Waals surface area (Å²) in [5.74, 6) is -0.987. The lowest BCUT2D eigenvalue weighted by molar-refractivity contribution is -0.167. The van der Waals surface area contributed by atoms with E-state index >= 15 is 0 Å². The molecule has 0 unspecified atom stereocenters. The molecule has 0 aromatic heterocycles. The summed E-state index contributed by atoms with van der Waals surface area (Å²) in [5.41, 5.74) is 0. The molecule has 0 rings (SSSR count). The fraction of sp³-hybridized carbons (Fsp3) is 0.698. The maximum Gasteiger partial charge on any atom is 0.306 e. The summed E-state index contributed by atoms with van der Waals surface area (Å²) < 4.78 is 16.8. The fourth-order valence-electron chi connectivity index (χ4n) is 7.74. The first-order chi connectivity index (χ1) is 34.0. The zero-order chi connectivity index (χ0) is 50.0. The highest BCUT2D eigenvalue weighted by Gasteiger charge is 2.19. The van der Waals surface area contributed by atoms with Crippen LogP contribution in [0.25, 0.3) is 0 Å². The highest BCUT2D eigenvalue weighted by Crippen LogP contribution is 2.14. The number of rotatable bonds is 51. The summed E-state index contributed by atoms with van der Waals surface area (Å²) in [6.45, 7) is 6.46. The second-order valence-corrected chi connectivity index (χ2v) is 18.8. The SMILES string of the molecule is CC/C=C\C/C=C\C/C=C\C/C=C\CCCCCCC(=O)OC[C@H](COC(=O)CCCCCCCCC/C=C\CCCCCCCC)OC(=O)CCC/C=C\C/C=C\C/C=C\CCCCCCCC. The minimum Gasteiger partial charge on any atom is -0.462 e. The number of allylic oxidation sites excluding steroid dienone is 16. The molecule has 0 heterocycles. The molecule has 0 saturated heterocycles. The predicted octanol–water partition coefficient (Wildman–Crippen LogP) is 19.3. The Labute approximate surface area is 426 Å². The van der Waals surface area contributed by atoms with Gasteiger partial charge in [0.25, 0.3) is 0 Å². The molecule has 0 N–H and O–H groups in total. The molecule has 0 spiro atoms. The Hall–Kier alpha value is -3.67. The van der Waals surface area contributed by atoms with E-state index in [9.17, 15) is 14.4 Å². The Balaban J connectivity index is 4.51. The van der Waals surface area contributed by atoms with Gasteiger partial charge in [0.1, 0.15) is 13.2 Å². The van der Waals surface area contributed by atoms with Crippen molar-refractivity contribution in [3.63, 3.8) is 0 Å². The number of ether oxygens (including phenoxy) is 3. The highest BCUT2D eigenvalue weighted by molar-refractivity contribution is 5.71. The number of carbonyl (C=O) groups excluding carboxylic acids is 3. The van der Waals surface area contributed by atoms with E-state index in [1.807, 2.05) is 0 Å². The van der Waals surface area contributed by atoms with Gasteiger partial charge in [-0.2, -0.15) is 0 Å². The molecular weight excluding hydrogens is 853 g/mol. The van der Waals surface area contributed by atoms with E-state index in [-0.39, 0.29) is 37.5 Å². The summed E-state index contributed by atoms with van der Waals surface area (Å²) in [6.07, 6.45) is 75.4. The topological polar surface area (TPSA) is 78.9 Å². The summed E-state index contributed by atoms with van der Waals surface area (Å²) >= 11 is 0. The number of hydrogen-bond donors (Lipinski definition) is 0. The lowest BCUT2D eigenvalue weighted by Gasteiger charge is -2.18. The number of carbonyl (C=O) groups is 3. The van der Waals surface area contributed by atoms with E-state index in [4.69, 9.17) is 14.2 Å². The molecule has 0 saturated carbocycles. The van der Waals surface area contributed by atoms with Crippen molar-refractivity contribution in [3.8, 4) is 0 Å². The minimum absolute atomic E-state index is 0.108. The van der Waals surface area contributed by atoms with Crippen LogP contribution in [0.15, 0.2) is 97.2 Å². The van der Waals surface area contributed by atoms with E-state index in [1.54, 1.807) is 0 Å². The average Bonchev–Trinajstić information content (AvgIpc) is 3.35. The van der Waals surface area contributed by atoms with Crippen LogP contribution in [-0.4, -0.2) is 37.2 Å². The third-order valence-electron chi connectivity index (χ3n) is 12.0. The third kappa shape index (κ3) is 55.1. The van der Waals surface area contributed by atoms with Gasteiger partial charge < -0.3 is 14.2 Å². The minimum atomic E-state index is -0.817. The molecule has 394 valence electrons. The monoisotopic (exact) mass is 959 g/mol. The Morgan fingerprint density at radius 3 is 0.942 bits per heavy atom. The summed E-state index contributed by atoms with van der Waals surface area (Å²) in [7, 11) is 0. The van der Waals surface area contributed by atoms with Crippen molar-refractivity contribution in [2.45, 2.75) is 271 Å². The Morgan fingerprint density at radius 2 is 0.580 bits per heavy atom. The molecule has 0 aromatic rings. The van der Waals surface area contributed by atoms with Crippen molar-refractivity contribution < 1.29 is 28.6 Å². The Bertz CT molecular complexity index is 1380. The summed E-state index contributed by atoms with van der Waals surface area (Å²) in [5, 5.41) is 0. The van der Waals surface area contributed by atoms with Gasteiger partial charge in [0.15, 0.2) is 6.10 Å². The van der Waals surface area contributed by atoms with Gasteiger partial charge >= 0.3 is 17.9 Å². The lowest BCUT2D eigenvalue weighted by Crippen LogP contribution is -2.30. The normalized spacial score (nSPS) is 12.8. The first-order valence-electron chi connectivity index (χ1n) is 28.7. The van der Waals surface area contributed by atoms with Gasteiger partial charge in [-0.3, -0.25) is 14.4 Å². The molecule has 6 nitrogen and oxygen atoms in total. The molecule has 69 heavy (non-hydrogen) atoms. The first-order valence-corrected chi connectivity index (χ1v) is 28.7. The van der Waals surface area contributed by atoms with E-state index in [0.717, 1.165) is 96.3 Å². The van der Waals surface area contributed by atoms with Crippen molar-refractivity contribution in [3.05, 3.63) is 97.2 Å². The van der Waals surface area contributed by atoms with Crippen LogP contribution >= 0.6 is 0 Å². The molecule has 1 atom stereocenters. The molecule has 0 amide bonds. The standard InChI is InChI=1S/C63H106O6/c1-4-7-10-13-16-19-22-25-28-31-34-37-40-43-46-49-52-55-61(64)67-58-60(69-63(66)57-54-51-48-45-42-39-36-33-30-27-24-21-18-15-12-9-6-3)59-68-62(65)56-53-50-47-44-41-38-35-32-29-26-23-20-17-14-11-8-5-2/h7,10,16,19,25-30,34,36-37,39,45,48,60H,4-6,8-9,11-15,17-18,20-24,31-33,35,38,40-44,46-47,49-59H2,1-3H3/b10-7-,19-16-,28-25-,29-26-,30-27-,37-34-,39-36-,48-45-/t60-/m1/s1. The van der Waals surface area contributed by atoms with E-state index in [1.165, 1.54) is 122 Å². The number of unbranched alkanes of at least 4 members (excludes halogenated alkanes) is 24. The smallest absolute Gasteiger partial charge is 0.306 e. The maximum absolute atomic E-state index is 12.8. The second-order valence-electron chi connectivity index (χ2n) is 18.8. The molecule has 0 fully saturated rings. The molecular formula is C63H106O6. The molecule has 0 aliphatic carbocycles. The van der Waals surface area contributed by atoms with Gasteiger partial charge in [0.2, 0.25) is 0 Å². The maximum atomic E-state index is 12.8. The molecule has 0 aromatic carbocycles. The second kappa shape index (κ2) is 56.9. The Morgan fingerprint density at radius 1 is 0.304 bits per heavy atom. The van der Waals surface area contributed by atoms with Crippen LogP contribution in [0.3, 0.4) is 0 Å². The Kier molecular flexibility index (Phi) is 53.9. The van der Waals surface area contributed by atoms with Crippen LogP contribution in [0.2, 0.25) is 0 Å². The van der Waals surface area contributed by atoms with E-state index in [0.29, 0.717) is 19.3 Å². The van der Waals surface area contributed by atoms with Gasteiger partial charge in [-0.1, -0.05) is 227 Å². The van der Waals surface area contributed by atoms with Crippen LogP contribution in [0.4, 0.5) is 0 Å². The predicted molar refractivity (Wildman–Crippen MR) is 297 cm³/mol. The molecule has 6 heteroatoms. The van der Waals surface area contributed by atoms with Gasteiger partial charge in [-0.15, -0.1) is 0 Å². The number of esters is 3. The van der Waals surface area contributed by atoms with Gasteiger partial charge in [0, 0.05) is 19.3 Å². The van der Waals surface area contributed by atoms with Gasteiger partial charge in [0.05, 0.1) is 0 Å². The van der Waals surface area contributed by atoms with Crippen LogP contribution in [0.1, 0.15) is 265 Å². The van der Waals surface area contributed by atoms with E-state index < -0.39 is 6.10 Å². The van der Waals surface area contributed by atoms with Crippen molar-refractivity contribution in [2.75, 3.05) is 13.2 Å². The highest BCUT2D eigenvalue weighted by atomic mass is 16.6. The van der Waals surface area contributed by atoms with Crippen molar-refractivity contribution in [2.24, 2.45) is 0 Å². The summed E-state index contributed by atoms with van der Waals surface area (Å²) in [6, 6.07) is 0. The van der Waals surface area contributed by atoms with Crippen LogP contribution in [-0.2, 0) is 28.6 Å². The molecule has 0 bridgehead atoms. The van der Waals surface area contributed by atoms with E-state index in [2.05, 4.69) is 118 Å². The zero-order valence-electron chi connectivity index (χ0n) is 45.0. The zero-order valence-corrected chi connectivity index (χ0v) is 45.0. The lowest BCUT2D eigenvalue weighted by atomic mass is 10.1. The van der Waals surface area contributed by atoms with Gasteiger partial charge in [-0.05, 0) is 116 Å². The molecule has 0 aliphatic heterocycles. The van der Waals surface area contributed by atoms with Crippen LogP contribution < -0.4 is 0 Å². The molecule has 0 aliphatic rings. The van der Waals surface area contributed by atoms with Gasteiger partial charge in [-0.25, -0.2) is 0 Å². The van der Waals surface area contributed by atoms with Crippen molar-refractivity contribution >= 4 is 17.9 Å². The average molecular weight is 960 g/mol. The van der Waals surface area contributed by atoms with Crippen molar-refractivity contribution in [1.29, 1.82) is 0 Å². The van der Waals surface area contributed by atoms with Crippen molar-refractivity contribution in [1.82, 2.24) is 0 Å². The first kappa shape index (κ1) is 65.3. The number of hydrogen-bond acceptors (Lipinski definition) is 6.